The van der Waals surface area contributed by atoms with Crippen LogP contribution >= 0.6 is 15.9 Å². The normalized spacial score (nSPS) is 20.4. The van der Waals surface area contributed by atoms with E-state index in [1.165, 1.54) is 0 Å². The SMILES string of the molecule is OC(c1cc(Br)c2c(c1)OCO2)C1CC1. The van der Waals surface area contributed by atoms with E-state index in [1.807, 2.05) is 12.1 Å². The summed E-state index contributed by atoms with van der Waals surface area (Å²) in [7, 11) is 0. The van der Waals surface area contributed by atoms with Gasteiger partial charge in [0.05, 0.1) is 10.6 Å². The summed E-state index contributed by atoms with van der Waals surface area (Å²) in [5.41, 5.74) is 0.911. The van der Waals surface area contributed by atoms with Gasteiger partial charge < -0.3 is 14.6 Å². The molecule has 1 fully saturated rings. The molecule has 1 unspecified atom stereocenters. The molecule has 0 amide bonds. The van der Waals surface area contributed by atoms with E-state index in [0.717, 1.165) is 34.4 Å². The second kappa shape index (κ2) is 3.39. The van der Waals surface area contributed by atoms with Crippen molar-refractivity contribution in [1.82, 2.24) is 0 Å². The molecular formula is C11H11BrO3. The van der Waals surface area contributed by atoms with Gasteiger partial charge in [0.15, 0.2) is 11.5 Å². The maximum absolute atomic E-state index is 10.00. The Labute approximate surface area is 96.1 Å². The van der Waals surface area contributed by atoms with E-state index in [2.05, 4.69) is 15.9 Å². The quantitative estimate of drug-likeness (QED) is 0.898. The smallest absolute Gasteiger partial charge is 0.231 e. The van der Waals surface area contributed by atoms with Gasteiger partial charge in [-0.1, -0.05) is 0 Å². The number of ether oxygens (including phenoxy) is 2. The molecule has 0 saturated heterocycles. The number of hydrogen-bond donors (Lipinski definition) is 1. The Morgan fingerprint density at radius 2 is 2.13 bits per heavy atom. The molecule has 0 bridgehead atoms. The summed E-state index contributed by atoms with van der Waals surface area (Å²) in [6.45, 7) is 0.261. The van der Waals surface area contributed by atoms with Crippen LogP contribution in [-0.2, 0) is 0 Å². The number of hydrogen-bond acceptors (Lipinski definition) is 3. The molecule has 1 atom stereocenters. The number of benzene rings is 1. The lowest BCUT2D eigenvalue weighted by atomic mass is 10.1. The van der Waals surface area contributed by atoms with E-state index in [-0.39, 0.29) is 12.9 Å². The van der Waals surface area contributed by atoms with Crippen molar-refractivity contribution < 1.29 is 14.6 Å². The fourth-order valence-corrected chi connectivity index (χ4v) is 2.42. The Bertz CT molecular complexity index is 401. The Morgan fingerprint density at radius 1 is 1.33 bits per heavy atom. The van der Waals surface area contributed by atoms with Crippen molar-refractivity contribution in [3.8, 4) is 11.5 Å². The van der Waals surface area contributed by atoms with Gasteiger partial charge in [-0.3, -0.25) is 0 Å². The molecule has 0 spiro atoms. The maximum atomic E-state index is 10.00. The van der Waals surface area contributed by atoms with Crippen molar-refractivity contribution in [3.63, 3.8) is 0 Å². The summed E-state index contributed by atoms with van der Waals surface area (Å²) in [6.07, 6.45) is 1.87. The third kappa shape index (κ3) is 1.62. The predicted octanol–water partition coefficient (Wildman–Crippen LogP) is 2.62. The van der Waals surface area contributed by atoms with Gasteiger partial charge in [0.25, 0.3) is 0 Å². The number of halogens is 1. The van der Waals surface area contributed by atoms with Crippen molar-refractivity contribution in [3.05, 3.63) is 22.2 Å². The minimum atomic E-state index is -0.365. The molecule has 3 nitrogen and oxygen atoms in total. The highest BCUT2D eigenvalue weighted by atomic mass is 79.9. The van der Waals surface area contributed by atoms with Gasteiger partial charge in [0.2, 0.25) is 6.79 Å². The second-order valence-electron chi connectivity index (χ2n) is 4.02. The lowest BCUT2D eigenvalue weighted by molar-refractivity contribution is 0.153. The summed E-state index contributed by atoms with van der Waals surface area (Å²) in [5.74, 6) is 1.89. The van der Waals surface area contributed by atoms with E-state index < -0.39 is 0 Å². The summed E-state index contributed by atoms with van der Waals surface area (Å²) in [4.78, 5) is 0. The van der Waals surface area contributed by atoms with Crippen LogP contribution in [0.5, 0.6) is 11.5 Å². The van der Waals surface area contributed by atoms with Crippen molar-refractivity contribution in [2.24, 2.45) is 5.92 Å². The van der Waals surface area contributed by atoms with Crippen LogP contribution in [0.15, 0.2) is 16.6 Å². The fraction of sp³-hybridized carbons (Fsp3) is 0.455. The maximum Gasteiger partial charge on any atom is 0.231 e. The zero-order chi connectivity index (χ0) is 10.4. The van der Waals surface area contributed by atoms with Crippen LogP contribution in [0, 0.1) is 5.92 Å². The molecule has 1 aromatic carbocycles. The van der Waals surface area contributed by atoms with Crippen LogP contribution in [0.3, 0.4) is 0 Å². The van der Waals surface area contributed by atoms with Gasteiger partial charge in [-0.25, -0.2) is 0 Å². The first-order valence-electron chi connectivity index (χ1n) is 5.03. The monoisotopic (exact) mass is 270 g/mol. The van der Waals surface area contributed by atoms with Crippen LogP contribution in [-0.4, -0.2) is 11.9 Å². The first kappa shape index (κ1) is 9.48. The Balaban J connectivity index is 1.98. The molecule has 0 radical (unpaired) electrons. The van der Waals surface area contributed by atoms with Crippen LogP contribution in [0.25, 0.3) is 0 Å². The third-order valence-electron chi connectivity index (χ3n) is 2.86. The van der Waals surface area contributed by atoms with Crippen molar-refractivity contribution in [2.45, 2.75) is 18.9 Å². The van der Waals surface area contributed by atoms with Crippen LogP contribution in [0.1, 0.15) is 24.5 Å². The van der Waals surface area contributed by atoms with E-state index in [1.54, 1.807) is 0 Å². The van der Waals surface area contributed by atoms with Crippen molar-refractivity contribution in [1.29, 1.82) is 0 Å². The van der Waals surface area contributed by atoms with Gasteiger partial charge in [-0.2, -0.15) is 0 Å². The van der Waals surface area contributed by atoms with Crippen LogP contribution in [0.4, 0.5) is 0 Å². The highest BCUT2D eigenvalue weighted by Gasteiger charge is 2.32. The molecule has 4 heteroatoms. The molecular weight excluding hydrogens is 260 g/mol. The summed E-state index contributed by atoms with van der Waals surface area (Å²) in [5, 5.41) is 10.00. The molecule has 2 aliphatic rings. The summed E-state index contributed by atoms with van der Waals surface area (Å²) in [6, 6.07) is 3.78. The first-order chi connectivity index (χ1) is 7.25. The second-order valence-corrected chi connectivity index (χ2v) is 4.87. The van der Waals surface area contributed by atoms with Crippen molar-refractivity contribution >= 4 is 15.9 Å². The Kier molecular flexibility index (Phi) is 2.14. The summed E-state index contributed by atoms with van der Waals surface area (Å²) >= 11 is 3.42. The van der Waals surface area contributed by atoms with Crippen molar-refractivity contribution in [2.75, 3.05) is 6.79 Å². The van der Waals surface area contributed by atoms with E-state index >= 15 is 0 Å². The van der Waals surface area contributed by atoms with Gasteiger partial charge in [-0.05, 0) is 52.4 Å². The molecule has 80 valence electrons. The molecule has 15 heavy (non-hydrogen) atoms. The van der Waals surface area contributed by atoms with Gasteiger partial charge in [0, 0.05) is 0 Å². The zero-order valence-electron chi connectivity index (χ0n) is 8.07. The lowest BCUT2D eigenvalue weighted by Crippen LogP contribution is -1.99. The molecule has 3 rings (SSSR count). The standard InChI is InChI=1S/C11H11BrO3/c12-8-3-7(10(13)6-1-2-6)4-9-11(8)15-5-14-9/h3-4,6,10,13H,1-2,5H2. The number of aliphatic hydroxyl groups excluding tert-OH is 1. The average molecular weight is 271 g/mol. The van der Waals surface area contributed by atoms with Gasteiger partial charge in [-0.15, -0.1) is 0 Å². The minimum Gasteiger partial charge on any atom is -0.454 e. The topological polar surface area (TPSA) is 38.7 Å². The van der Waals surface area contributed by atoms with E-state index in [0.29, 0.717) is 5.92 Å². The first-order valence-corrected chi connectivity index (χ1v) is 5.82. The third-order valence-corrected chi connectivity index (χ3v) is 3.45. The predicted molar refractivity (Wildman–Crippen MR) is 57.9 cm³/mol. The highest BCUT2D eigenvalue weighted by Crippen LogP contribution is 2.46. The summed E-state index contributed by atoms with van der Waals surface area (Å²) < 4.78 is 11.5. The molecule has 1 aliphatic heterocycles. The largest absolute Gasteiger partial charge is 0.454 e. The highest BCUT2D eigenvalue weighted by molar-refractivity contribution is 9.10. The molecule has 0 aromatic heterocycles. The van der Waals surface area contributed by atoms with Crippen LogP contribution < -0.4 is 9.47 Å². The molecule has 1 aliphatic carbocycles. The van der Waals surface area contributed by atoms with E-state index in [9.17, 15) is 5.11 Å². The molecule has 1 heterocycles. The van der Waals surface area contributed by atoms with Gasteiger partial charge >= 0.3 is 0 Å². The van der Waals surface area contributed by atoms with Gasteiger partial charge in [0.1, 0.15) is 0 Å². The molecule has 1 saturated carbocycles. The number of rotatable bonds is 2. The van der Waals surface area contributed by atoms with Crippen LogP contribution in [0.2, 0.25) is 0 Å². The van der Waals surface area contributed by atoms with E-state index in [4.69, 9.17) is 9.47 Å². The lowest BCUT2D eigenvalue weighted by Gasteiger charge is -2.11. The Morgan fingerprint density at radius 3 is 2.87 bits per heavy atom. The Hall–Kier alpha value is -0.740. The molecule has 1 aromatic rings. The minimum absolute atomic E-state index is 0.261. The number of aliphatic hydroxyl groups is 1. The average Bonchev–Trinajstić information content (AvgIpc) is 2.96. The fourth-order valence-electron chi connectivity index (χ4n) is 1.84. The number of fused-ring (bicyclic) bond motifs is 1. The molecule has 1 N–H and O–H groups in total. The zero-order valence-corrected chi connectivity index (χ0v) is 9.66.